The van der Waals surface area contributed by atoms with E-state index in [1.165, 1.54) is 6.07 Å². The van der Waals surface area contributed by atoms with Crippen molar-refractivity contribution in [3.63, 3.8) is 0 Å². The Balaban J connectivity index is 1.94. The summed E-state index contributed by atoms with van der Waals surface area (Å²) < 4.78 is 11.0. The van der Waals surface area contributed by atoms with Gasteiger partial charge in [-0.25, -0.2) is 4.79 Å². The molecule has 2 aromatic rings. The van der Waals surface area contributed by atoms with Crippen molar-refractivity contribution in [2.24, 2.45) is 16.6 Å². The Bertz CT molecular complexity index is 1030. The number of carbonyl (C=O) groups excluding carboxylic acids is 2. The molecule has 2 rings (SSSR count). The van der Waals surface area contributed by atoms with Crippen molar-refractivity contribution in [2.75, 3.05) is 26.2 Å². The molecule has 4 N–H and O–H groups in total. The number of ether oxygens (including phenoxy) is 1. The van der Waals surface area contributed by atoms with Crippen LogP contribution in [-0.2, 0) is 9.59 Å². The summed E-state index contributed by atoms with van der Waals surface area (Å²) in [6.07, 6.45) is 1.64. The van der Waals surface area contributed by atoms with Crippen molar-refractivity contribution < 1.29 is 18.7 Å². The molecule has 0 radical (unpaired) electrons. The number of nitrogens with one attached hydrogen (secondary N) is 2. The molecular formula is C25H37N3O5. The lowest BCUT2D eigenvalue weighted by Gasteiger charge is -2.43. The fraction of sp³-hybridized carbons (Fsp3) is 0.560. The van der Waals surface area contributed by atoms with Crippen LogP contribution in [0.4, 0.5) is 0 Å². The number of carbonyl (C=O) groups is 2. The first-order valence-corrected chi connectivity index (χ1v) is 11.6. The molecule has 0 saturated heterocycles. The number of hydrogen-bond donors (Lipinski definition) is 3. The maximum absolute atomic E-state index is 13.1. The highest BCUT2D eigenvalue weighted by atomic mass is 16.5. The van der Waals surface area contributed by atoms with E-state index in [-0.39, 0.29) is 11.8 Å². The van der Waals surface area contributed by atoms with Crippen molar-refractivity contribution in [1.82, 2.24) is 10.6 Å². The maximum atomic E-state index is 13.1. The van der Waals surface area contributed by atoms with Crippen LogP contribution < -0.4 is 26.7 Å². The van der Waals surface area contributed by atoms with Gasteiger partial charge in [-0.15, -0.1) is 0 Å². The first-order chi connectivity index (χ1) is 15.6. The molecule has 8 nitrogen and oxygen atoms in total. The van der Waals surface area contributed by atoms with Gasteiger partial charge in [-0.2, -0.15) is 0 Å². The molecule has 0 aliphatic carbocycles. The molecule has 0 fully saturated rings. The maximum Gasteiger partial charge on any atom is 0.336 e. The predicted octanol–water partition coefficient (Wildman–Crippen LogP) is 2.89. The number of hydrogen-bond acceptors (Lipinski definition) is 6. The average Bonchev–Trinajstić information content (AvgIpc) is 2.80. The lowest BCUT2D eigenvalue weighted by molar-refractivity contribution is -0.150. The molecule has 2 atom stereocenters. The summed E-state index contributed by atoms with van der Waals surface area (Å²) >= 11 is 0. The SMILES string of the molecule is CCC(C)(C(=O)NCCN)C(C)(CC)C(=O)NCCCOc1ccc2c(C)cc(=O)oc2c1. The topological polar surface area (TPSA) is 124 Å². The molecule has 2 amide bonds. The first kappa shape index (κ1) is 26.4. The number of nitrogens with two attached hydrogens (primary N) is 1. The normalized spacial score (nSPS) is 14.8. The second-order valence-corrected chi connectivity index (χ2v) is 8.78. The number of fused-ring (bicyclic) bond motifs is 1. The van der Waals surface area contributed by atoms with Crippen LogP contribution in [0.25, 0.3) is 11.0 Å². The van der Waals surface area contributed by atoms with Crippen molar-refractivity contribution in [3.8, 4) is 5.75 Å². The van der Waals surface area contributed by atoms with Crippen molar-refractivity contribution in [1.29, 1.82) is 0 Å². The third kappa shape index (κ3) is 5.74. The molecule has 8 heteroatoms. The third-order valence-electron chi connectivity index (χ3n) is 6.86. The molecule has 0 aliphatic heterocycles. The molecule has 1 aromatic carbocycles. The van der Waals surface area contributed by atoms with Gasteiger partial charge in [0.05, 0.1) is 17.4 Å². The molecular weight excluding hydrogens is 422 g/mol. The van der Waals surface area contributed by atoms with Crippen LogP contribution in [0.1, 0.15) is 52.5 Å². The molecule has 0 bridgehead atoms. The van der Waals surface area contributed by atoms with Gasteiger partial charge in [0.1, 0.15) is 11.3 Å². The summed E-state index contributed by atoms with van der Waals surface area (Å²) in [5.74, 6) is 0.285. The molecule has 182 valence electrons. The minimum atomic E-state index is -0.866. The van der Waals surface area contributed by atoms with Crippen LogP contribution in [0.15, 0.2) is 33.5 Å². The Labute approximate surface area is 195 Å². The van der Waals surface area contributed by atoms with E-state index in [1.807, 2.05) is 46.8 Å². The molecule has 0 aliphatic rings. The monoisotopic (exact) mass is 459 g/mol. The van der Waals surface area contributed by atoms with E-state index >= 15 is 0 Å². The molecule has 0 spiro atoms. The number of benzene rings is 1. The summed E-state index contributed by atoms with van der Waals surface area (Å²) in [5, 5.41) is 6.68. The quantitative estimate of drug-likeness (QED) is 0.331. The van der Waals surface area contributed by atoms with E-state index in [0.717, 1.165) is 10.9 Å². The van der Waals surface area contributed by atoms with Gasteiger partial charge in [-0.3, -0.25) is 9.59 Å². The number of aryl methyl sites for hydroxylation is 1. The highest BCUT2D eigenvalue weighted by Crippen LogP contribution is 2.45. The first-order valence-electron chi connectivity index (χ1n) is 11.6. The molecule has 2 unspecified atom stereocenters. The molecule has 33 heavy (non-hydrogen) atoms. The van der Waals surface area contributed by atoms with Crippen LogP contribution in [0, 0.1) is 17.8 Å². The second kappa shape index (κ2) is 11.3. The van der Waals surface area contributed by atoms with Crippen LogP contribution >= 0.6 is 0 Å². The standard InChI is InChI=1S/C25H37N3O5/c1-6-24(4,25(5,7-2)23(31)28-13-11-26)22(30)27-12-8-14-32-18-9-10-19-17(3)15-21(29)33-20(19)16-18/h9-10,15-16H,6-8,11-14,26H2,1-5H3,(H,27,30)(H,28,31). The Kier molecular flexibility index (Phi) is 9.05. The zero-order chi connectivity index (χ0) is 24.6. The fourth-order valence-corrected chi connectivity index (χ4v) is 4.04. The minimum absolute atomic E-state index is 0.153. The summed E-state index contributed by atoms with van der Waals surface area (Å²) in [6, 6.07) is 6.84. The number of rotatable bonds is 12. The van der Waals surface area contributed by atoms with Crippen molar-refractivity contribution in [2.45, 2.75) is 53.9 Å². The highest BCUT2D eigenvalue weighted by Gasteiger charge is 2.52. The smallest absolute Gasteiger partial charge is 0.336 e. The average molecular weight is 460 g/mol. The van der Waals surface area contributed by atoms with Gasteiger partial charge in [0.2, 0.25) is 11.8 Å². The zero-order valence-corrected chi connectivity index (χ0v) is 20.4. The Morgan fingerprint density at radius 2 is 1.64 bits per heavy atom. The van der Waals surface area contributed by atoms with Crippen LogP contribution in [0.5, 0.6) is 5.75 Å². The van der Waals surface area contributed by atoms with Crippen LogP contribution in [0.2, 0.25) is 0 Å². The van der Waals surface area contributed by atoms with Gasteiger partial charge >= 0.3 is 5.63 Å². The fourth-order valence-electron chi connectivity index (χ4n) is 4.04. The lowest BCUT2D eigenvalue weighted by atomic mass is 9.61. The van der Waals surface area contributed by atoms with Crippen LogP contribution in [0.3, 0.4) is 0 Å². The van der Waals surface area contributed by atoms with E-state index < -0.39 is 16.5 Å². The van der Waals surface area contributed by atoms with Gasteiger partial charge < -0.3 is 25.5 Å². The number of amides is 2. The molecule has 1 aromatic heterocycles. The summed E-state index contributed by atoms with van der Waals surface area (Å²) in [5.41, 5.74) is 4.73. The predicted molar refractivity (Wildman–Crippen MR) is 129 cm³/mol. The lowest BCUT2D eigenvalue weighted by Crippen LogP contribution is -2.56. The van der Waals surface area contributed by atoms with E-state index in [0.29, 0.717) is 56.8 Å². The van der Waals surface area contributed by atoms with Crippen LogP contribution in [-0.4, -0.2) is 38.1 Å². The highest BCUT2D eigenvalue weighted by molar-refractivity contribution is 5.93. The largest absolute Gasteiger partial charge is 0.493 e. The van der Waals surface area contributed by atoms with Gasteiger partial charge in [0.25, 0.3) is 0 Å². The summed E-state index contributed by atoms with van der Waals surface area (Å²) in [6.45, 7) is 10.9. The Hall–Kier alpha value is -2.87. The summed E-state index contributed by atoms with van der Waals surface area (Å²) in [7, 11) is 0. The minimum Gasteiger partial charge on any atom is -0.493 e. The molecule has 1 heterocycles. The van der Waals surface area contributed by atoms with Gasteiger partial charge in [-0.05, 0) is 57.7 Å². The van der Waals surface area contributed by atoms with Gasteiger partial charge in [0, 0.05) is 37.2 Å². The van der Waals surface area contributed by atoms with Crippen molar-refractivity contribution in [3.05, 3.63) is 40.2 Å². The second-order valence-electron chi connectivity index (χ2n) is 8.78. The Morgan fingerprint density at radius 1 is 1.03 bits per heavy atom. The van der Waals surface area contributed by atoms with E-state index in [2.05, 4.69) is 10.6 Å². The van der Waals surface area contributed by atoms with E-state index in [1.54, 1.807) is 6.07 Å². The van der Waals surface area contributed by atoms with Crippen molar-refractivity contribution >= 4 is 22.8 Å². The van der Waals surface area contributed by atoms with E-state index in [9.17, 15) is 14.4 Å². The van der Waals surface area contributed by atoms with Gasteiger partial charge in [-0.1, -0.05) is 13.8 Å². The van der Waals surface area contributed by atoms with E-state index in [4.69, 9.17) is 14.9 Å². The Morgan fingerprint density at radius 3 is 2.21 bits per heavy atom. The molecule has 0 saturated carbocycles. The third-order valence-corrected chi connectivity index (χ3v) is 6.86. The zero-order valence-electron chi connectivity index (χ0n) is 20.4. The van der Waals surface area contributed by atoms with Gasteiger partial charge in [0.15, 0.2) is 0 Å². The summed E-state index contributed by atoms with van der Waals surface area (Å²) in [4.78, 5) is 37.6.